The standard InChI is InChI=1S/C18H20N2O2.ClH/c21-12-14-5-3-4-13(8-14)10-20-18(22)17-9-15-6-1-2-7-16(15)11-19-17;/h1-8,17,19,21H,9-12H2,(H,20,22);1H. The first kappa shape index (κ1) is 17.5. The van der Waals surface area contributed by atoms with Crippen molar-refractivity contribution in [3.63, 3.8) is 0 Å². The van der Waals surface area contributed by atoms with E-state index in [1.807, 2.05) is 36.4 Å². The monoisotopic (exact) mass is 332 g/mol. The summed E-state index contributed by atoms with van der Waals surface area (Å²) in [6.45, 7) is 1.23. The fourth-order valence-corrected chi connectivity index (χ4v) is 2.79. The van der Waals surface area contributed by atoms with E-state index >= 15 is 0 Å². The van der Waals surface area contributed by atoms with Crippen LogP contribution >= 0.6 is 12.4 Å². The molecule has 0 spiro atoms. The maximum absolute atomic E-state index is 12.3. The Morgan fingerprint density at radius 2 is 1.87 bits per heavy atom. The zero-order valence-electron chi connectivity index (χ0n) is 12.8. The van der Waals surface area contributed by atoms with Gasteiger partial charge < -0.3 is 15.7 Å². The van der Waals surface area contributed by atoms with Crippen molar-refractivity contribution in [1.29, 1.82) is 0 Å². The number of amides is 1. The minimum Gasteiger partial charge on any atom is -0.392 e. The maximum Gasteiger partial charge on any atom is 0.237 e. The van der Waals surface area contributed by atoms with Crippen LogP contribution in [0.5, 0.6) is 0 Å². The number of benzene rings is 2. The Balaban J connectivity index is 0.00000192. The topological polar surface area (TPSA) is 61.4 Å². The van der Waals surface area contributed by atoms with Crippen LogP contribution in [0.2, 0.25) is 0 Å². The highest BCUT2D eigenvalue weighted by atomic mass is 35.5. The first-order valence-corrected chi connectivity index (χ1v) is 7.53. The van der Waals surface area contributed by atoms with Gasteiger partial charge in [0.1, 0.15) is 0 Å². The van der Waals surface area contributed by atoms with Crippen LogP contribution in [-0.4, -0.2) is 17.1 Å². The molecular formula is C18H21ClN2O2. The summed E-state index contributed by atoms with van der Waals surface area (Å²) < 4.78 is 0. The van der Waals surface area contributed by atoms with Gasteiger partial charge in [0.25, 0.3) is 0 Å². The van der Waals surface area contributed by atoms with Gasteiger partial charge in [0.05, 0.1) is 12.6 Å². The molecule has 1 aliphatic rings. The molecule has 0 fully saturated rings. The molecule has 1 amide bonds. The Morgan fingerprint density at radius 3 is 2.65 bits per heavy atom. The van der Waals surface area contributed by atoms with Crippen LogP contribution in [0.4, 0.5) is 0 Å². The molecule has 23 heavy (non-hydrogen) atoms. The van der Waals surface area contributed by atoms with E-state index in [0.29, 0.717) is 6.54 Å². The molecule has 0 aromatic heterocycles. The fourth-order valence-electron chi connectivity index (χ4n) is 2.79. The molecule has 1 atom stereocenters. The number of aliphatic hydroxyl groups is 1. The summed E-state index contributed by atoms with van der Waals surface area (Å²) in [7, 11) is 0. The number of carbonyl (C=O) groups excluding carboxylic acids is 1. The molecular weight excluding hydrogens is 312 g/mol. The van der Waals surface area contributed by atoms with Crippen LogP contribution in [0.15, 0.2) is 48.5 Å². The number of hydrogen-bond donors (Lipinski definition) is 3. The van der Waals surface area contributed by atoms with Crippen LogP contribution in [0.1, 0.15) is 22.3 Å². The van der Waals surface area contributed by atoms with Gasteiger partial charge in [-0.1, -0.05) is 48.5 Å². The number of hydrogen-bond acceptors (Lipinski definition) is 3. The Kier molecular flexibility index (Phi) is 6.16. The number of fused-ring (bicyclic) bond motifs is 1. The second kappa shape index (κ2) is 8.11. The molecule has 5 heteroatoms. The zero-order valence-corrected chi connectivity index (χ0v) is 13.6. The summed E-state index contributed by atoms with van der Waals surface area (Å²) in [4.78, 5) is 12.3. The number of nitrogens with one attached hydrogen (secondary N) is 2. The van der Waals surface area contributed by atoms with Crippen molar-refractivity contribution in [2.45, 2.75) is 32.2 Å². The molecule has 1 unspecified atom stereocenters. The lowest BCUT2D eigenvalue weighted by molar-refractivity contribution is -0.123. The summed E-state index contributed by atoms with van der Waals surface area (Å²) in [5.74, 6) is 0.0175. The number of rotatable bonds is 4. The maximum atomic E-state index is 12.3. The zero-order chi connectivity index (χ0) is 15.4. The second-order valence-electron chi connectivity index (χ2n) is 5.60. The normalized spacial score (nSPS) is 16.1. The molecule has 1 aliphatic heterocycles. The number of halogens is 1. The van der Waals surface area contributed by atoms with E-state index in [4.69, 9.17) is 5.11 Å². The minimum atomic E-state index is -0.184. The highest BCUT2D eigenvalue weighted by molar-refractivity contribution is 5.85. The molecule has 122 valence electrons. The van der Waals surface area contributed by atoms with Crippen LogP contribution in [0.25, 0.3) is 0 Å². The summed E-state index contributed by atoms with van der Waals surface area (Å²) in [6, 6.07) is 15.6. The summed E-state index contributed by atoms with van der Waals surface area (Å²) in [5, 5.41) is 15.4. The van der Waals surface area contributed by atoms with Gasteiger partial charge in [0.2, 0.25) is 5.91 Å². The van der Waals surface area contributed by atoms with Crippen LogP contribution < -0.4 is 10.6 Å². The lowest BCUT2D eigenvalue weighted by Crippen LogP contribution is -2.47. The van der Waals surface area contributed by atoms with Crippen LogP contribution in [0.3, 0.4) is 0 Å². The van der Waals surface area contributed by atoms with Gasteiger partial charge in [-0.15, -0.1) is 12.4 Å². The molecule has 0 bridgehead atoms. The summed E-state index contributed by atoms with van der Waals surface area (Å²) in [6.07, 6.45) is 0.721. The van der Waals surface area contributed by atoms with Gasteiger partial charge in [-0.2, -0.15) is 0 Å². The van der Waals surface area contributed by atoms with Gasteiger partial charge in [-0.05, 0) is 28.7 Å². The Labute approximate surface area is 142 Å². The van der Waals surface area contributed by atoms with E-state index in [1.165, 1.54) is 11.1 Å². The first-order chi connectivity index (χ1) is 10.8. The van der Waals surface area contributed by atoms with Crippen LogP contribution in [0, 0.1) is 0 Å². The van der Waals surface area contributed by atoms with Crippen LogP contribution in [-0.2, 0) is 30.9 Å². The van der Waals surface area contributed by atoms with Crippen molar-refractivity contribution in [3.05, 3.63) is 70.8 Å². The van der Waals surface area contributed by atoms with E-state index in [1.54, 1.807) is 0 Å². The average molecular weight is 333 g/mol. The largest absolute Gasteiger partial charge is 0.392 e. The van der Waals surface area contributed by atoms with Crippen molar-refractivity contribution in [3.8, 4) is 0 Å². The van der Waals surface area contributed by atoms with E-state index in [-0.39, 0.29) is 31.0 Å². The molecule has 2 aromatic carbocycles. The van der Waals surface area contributed by atoms with E-state index in [0.717, 1.165) is 24.1 Å². The predicted octanol–water partition coefficient (Wildman–Crippen LogP) is 1.93. The number of carbonyl (C=O) groups is 1. The van der Waals surface area contributed by atoms with Gasteiger partial charge in [0.15, 0.2) is 0 Å². The third-order valence-electron chi connectivity index (χ3n) is 4.04. The van der Waals surface area contributed by atoms with Gasteiger partial charge in [-0.25, -0.2) is 0 Å². The molecule has 0 radical (unpaired) electrons. The first-order valence-electron chi connectivity index (χ1n) is 7.53. The van der Waals surface area contributed by atoms with Crippen molar-refractivity contribution in [1.82, 2.24) is 10.6 Å². The third kappa shape index (κ3) is 4.32. The average Bonchev–Trinajstić information content (AvgIpc) is 2.59. The molecule has 3 N–H and O–H groups in total. The van der Waals surface area contributed by atoms with E-state index in [9.17, 15) is 4.79 Å². The Hall–Kier alpha value is -1.88. The van der Waals surface area contributed by atoms with E-state index in [2.05, 4.69) is 22.8 Å². The smallest absolute Gasteiger partial charge is 0.237 e. The molecule has 3 rings (SSSR count). The van der Waals surface area contributed by atoms with Gasteiger partial charge in [0, 0.05) is 13.1 Å². The Morgan fingerprint density at radius 1 is 1.13 bits per heavy atom. The minimum absolute atomic E-state index is 0. The third-order valence-corrected chi connectivity index (χ3v) is 4.04. The summed E-state index contributed by atoms with van der Waals surface area (Å²) >= 11 is 0. The lowest BCUT2D eigenvalue weighted by atomic mass is 9.95. The Bertz CT molecular complexity index is 676. The summed E-state index contributed by atoms with van der Waals surface area (Å²) in [5.41, 5.74) is 4.36. The number of aliphatic hydroxyl groups excluding tert-OH is 1. The fraction of sp³-hybridized carbons (Fsp3) is 0.278. The predicted molar refractivity (Wildman–Crippen MR) is 92.2 cm³/mol. The van der Waals surface area contributed by atoms with Crippen molar-refractivity contribution >= 4 is 18.3 Å². The SMILES string of the molecule is Cl.O=C(NCc1cccc(CO)c1)C1Cc2ccccc2CN1. The molecule has 0 saturated heterocycles. The highest BCUT2D eigenvalue weighted by Gasteiger charge is 2.23. The molecule has 4 nitrogen and oxygen atoms in total. The second-order valence-corrected chi connectivity index (χ2v) is 5.60. The van der Waals surface area contributed by atoms with Gasteiger partial charge >= 0.3 is 0 Å². The lowest BCUT2D eigenvalue weighted by Gasteiger charge is -2.25. The molecule has 0 saturated carbocycles. The van der Waals surface area contributed by atoms with Crippen molar-refractivity contribution < 1.29 is 9.90 Å². The van der Waals surface area contributed by atoms with Crippen molar-refractivity contribution in [2.24, 2.45) is 0 Å². The van der Waals surface area contributed by atoms with Crippen molar-refractivity contribution in [2.75, 3.05) is 0 Å². The molecule has 2 aromatic rings. The quantitative estimate of drug-likeness (QED) is 0.801. The molecule has 0 aliphatic carbocycles. The van der Waals surface area contributed by atoms with Gasteiger partial charge in [-0.3, -0.25) is 4.79 Å². The van der Waals surface area contributed by atoms with E-state index < -0.39 is 0 Å². The molecule has 1 heterocycles. The highest BCUT2D eigenvalue weighted by Crippen LogP contribution is 2.16.